The first-order valence-corrected chi connectivity index (χ1v) is 6.63. The summed E-state index contributed by atoms with van der Waals surface area (Å²) in [5, 5.41) is 8.93. The SMILES string of the molecule is CCOc1cc(C#N)ccc1OC(C)c1ccccc1. The lowest BCUT2D eigenvalue weighted by Crippen LogP contribution is -2.05. The highest BCUT2D eigenvalue weighted by atomic mass is 16.5. The van der Waals surface area contributed by atoms with E-state index < -0.39 is 0 Å². The zero-order valence-electron chi connectivity index (χ0n) is 11.7. The van der Waals surface area contributed by atoms with Crippen LogP contribution in [0.2, 0.25) is 0 Å². The van der Waals surface area contributed by atoms with Crippen molar-refractivity contribution < 1.29 is 9.47 Å². The minimum absolute atomic E-state index is 0.0802. The summed E-state index contributed by atoms with van der Waals surface area (Å²) in [6.07, 6.45) is -0.0802. The van der Waals surface area contributed by atoms with Crippen molar-refractivity contribution in [3.8, 4) is 17.6 Å². The lowest BCUT2D eigenvalue weighted by molar-refractivity contribution is 0.211. The van der Waals surface area contributed by atoms with Crippen molar-refractivity contribution in [2.24, 2.45) is 0 Å². The van der Waals surface area contributed by atoms with Crippen LogP contribution in [0.1, 0.15) is 31.1 Å². The zero-order chi connectivity index (χ0) is 14.4. The molecule has 3 heteroatoms. The fourth-order valence-corrected chi connectivity index (χ4v) is 1.93. The van der Waals surface area contributed by atoms with E-state index in [4.69, 9.17) is 14.7 Å². The molecule has 20 heavy (non-hydrogen) atoms. The average Bonchev–Trinajstić information content (AvgIpc) is 2.50. The van der Waals surface area contributed by atoms with Crippen LogP contribution in [0.25, 0.3) is 0 Å². The van der Waals surface area contributed by atoms with E-state index in [-0.39, 0.29) is 6.10 Å². The Hall–Kier alpha value is -2.47. The van der Waals surface area contributed by atoms with Gasteiger partial charge in [0.2, 0.25) is 0 Å². The van der Waals surface area contributed by atoms with E-state index in [1.54, 1.807) is 18.2 Å². The minimum Gasteiger partial charge on any atom is -0.490 e. The van der Waals surface area contributed by atoms with Crippen molar-refractivity contribution in [2.45, 2.75) is 20.0 Å². The van der Waals surface area contributed by atoms with E-state index in [2.05, 4.69) is 6.07 Å². The van der Waals surface area contributed by atoms with Crippen molar-refractivity contribution in [2.75, 3.05) is 6.61 Å². The van der Waals surface area contributed by atoms with Gasteiger partial charge in [-0.2, -0.15) is 5.26 Å². The molecule has 0 amide bonds. The highest BCUT2D eigenvalue weighted by Gasteiger charge is 2.11. The summed E-state index contributed by atoms with van der Waals surface area (Å²) in [6.45, 7) is 4.43. The van der Waals surface area contributed by atoms with Crippen LogP contribution < -0.4 is 9.47 Å². The van der Waals surface area contributed by atoms with Gasteiger partial charge in [-0.15, -0.1) is 0 Å². The Kier molecular flexibility index (Phi) is 4.62. The van der Waals surface area contributed by atoms with Crippen LogP contribution in [0.3, 0.4) is 0 Å². The predicted octanol–water partition coefficient (Wildman–Crippen LogP) is 4.10. The Morgan fingerprint density at radius 3 is 2.50 bits per heavy atom. The molecule has 0 heterocycles. The largest absolute Gasteiger partial charge is 0.490 e. The van der Waals surface area contributed by atoms with E-state index >= 15 is 0 Å². The molecule has 0 fully saturated rings. The van der Waals surface area contributed by atoms with Gasteiger partial charge in [-0.3, -0.25) is 0 Å². The summed E-state index contributed by atoms with van der Waals surface area (Å²) in [7, 11) is 0. The fourth-order valence-electron chi connectivity index (χ4n) is 1.93. The standard InChI is InChI=1S/C17H17NO2/c1-3-19-17-11-14(12-18)9-10-16(17)20-13(2)15-7-5-4-6-8-15/h4-11,13H,3H2,1-2H3. The summed E-state index contributed by atoms with van der Waals surface area (Å²) < 4.78 is 11.5. The molecule has 0 bridgehead atoms. The normalized spacial score (nSPS) is 11.4. The van der Waals surface area contributed by atoms with Crippen molar-refractivity contribution in [3.05, 3.63) is 59.7 Å². The summed E-state index contributed by atoms with van der Waals surface area (Å²) in [5.74, 6) is 1.26. The van der Waals surface area contributed by atoms with Crippen molar-refractivity contribution in [3.63, 3.8) is 0 Å². The van der Waals surface area contributed by atoms with Crippen molar-refractivity contribution in [1.29, 1.82) is 5.26 Å². The molecule has 0 N–H and O–H groups in total. The molecule has 0 saturated heterocycles. The van der Waals surface area contributed by atoms with Gasteiger partial charge in [-0.25, -0.2) is 0 Å². The maximum atomic E-state index is 8.93. The Morgan fingerprint density at radius 2 is 1.85 bits per heavy atom. The highest BCUT2D eigenvalue weighted by molar-refractivity contribution is 5.47. The van der Waals surface area contributed by atoms with E-state index in [1.807, 2.05) is 44.2 Å². The smallest absolute Gasteiger partial charge is 0.162 e. The number of hydrogen-bond acceptors (Lipinski definition) is 3. The van der Waals surface area contributed by atoms with Crippen LogP contribution in [-0.2, 0) is 0 Å². The van der Waals surface area contributed by atoms with Crippen LogP contribution in [0.15, 0.2) is 48.5 Å². The van der Waals surface area contributed by atoms with E-state index in [9.17, 15) is 0 Å². The van der Waals surface area contributed by atoms with E-state index in [0.717, 1.165) is 5.56 Å². The molecule has 1 unspecified atom stereocenters. The third-order valence-electron chi connectivity index (χ3n) is 2.95. The summed E-state index contributed by atoms with van der Waals surface area (Å²) >= 11 is 0. The van der Waals surface area contributed by atoms with E-state index in [0.29, 0.717) is 23.7 Å². The Morgan fingerprint density at radius 1 is 1.10 bits per heavy atom. The Labute approximate surface area is 119 Å². The lowest BCUT2D eigenvalue weighted by Gasteiger charge is -2.17. The number of hydrogen-bond donors (Lipinski definition) is 0. The Balaban J connectivity index is 2.22. The molecule has 0 saturated carbocycles. The molecule has 0 aromatic heterocycles. The Bertz CT molecular complexity index is 602. The van der Waals surface area contributed by atoms with Gasteiger partial charge in [0.25, 0.3) is 0 Å². The van der Waals surface area contributed by atoms with Crippen LogP contribution >= 0.6 is 0 Å². The van der Waals surface area contributed by atoms with Gasteiger partial charge >= 0.3 is 0 Å². The van der Waals surface area contributed by atoms with Crippen molar-refractivity contribution in [1.82, 2.24) is 0 Å². The molecule has 102 valence electrons. The monoisotopic (exact) mass is 267 g/mol. The van der Waals surface area contributed by atoms with Crippen LogP contribution in [-0.4, -0.2) is 6.61 Å². The second kappa shape index (κ2) is 6.63. The fraction of sp³-hybridized carbons (Fsp3) is 0.235. The molecule has 2 aromatic rings. The number of ether oxygens (including phenoxy) is 2. The van der Waals surface area contributed by atoms with Crippen LogP contribution in [0, 0.1) is 11.3 Å². The highest BCUT2D eigenvalue weighted by Crippen LogP contribution is 2.32. The molecule has 0 aliphatic carbocycles. The maximum absolute atomic E-state index is 8.93. The molecule has 2 rings (SSSR count). The quantitative estimate of drug-likeness (QED) is 0.819. The molecule has 0 radical (unpaired) electrons. The number of nitriles is 1. The molecule has 3 nitrogen and oxygen atoms in total. The lowest BCUT2D eigenvalue weighted by atomic mass is 10.1. The number of rotatable bonds is 5. The summed E-state index contributed by atoms with van der Waals surface area (Å²) in [6, 6.07) is 17.3. The van der Waals surface area contributed by atoms with Crippen LogP contribution in [0.4, 0.5) is 0 Å². The molecule has 1 atom stereocenters. The molecule has 0 aliphatic heterocycles. The van der Waals surface area contributed by atoms with Gasteiger partial charge in [0, 0.05) is 6.07 Å². The molecular formula is C17H17NO2. The van der Waals surface area contributed by atoms with Gasteiger partial charge in [0.15, 0.2) is 11.5 Å². The van der Waals surface area contributed by atoms with Gasteiger partial charge in [0.05, 0.1) is 18.2 Å². The van der Waals surface area contributed by atoms with Crippen LogP contribution in [0.5, 0.6) is 11.5 Å². The van der Waals surface area contributed by atoms with Gasteiger partial charge in [0.1, 0.15) is 6.10 Å². The molecule has 0 aliphatic rings. The average molecular weight is 267 g/mol. The molecular weight excluding hydrogens is 250 g/mol. The molecule has 2 aromatic carbocycles. The number of nitrogens with zero attached hydrogens (tertiary/aromatic N) is 1. The first-order chi connectivity index (χ1) is 9.74. The third-order valence-corrected chi connectivity index (χ3v) is 2.95. The number of benzene rings is 2. The molecule has 0 spiro atoms. The second-order valence-electron chi connectivity index (χ2n) is 4.38. The van der Waals surface area contributed by atoms with Gasteiger partial charge < -0.3 is 9.47 Å². The summed E-state index contributed by atoms with van der Waals surface area (Å²) in [4.78, 5) is 0. The summed E-state index contributed by atoms with van der Waals surface area (Å²) in [5.41, 5.74) is 1.66. The first-order valence-electron chi connectivity index (χ1n) is 6.63. The topological polar surface area (TPSA) is 42.2 Å². The predicted molar refractivity (Wildman–Crippen MR) is 77.8 cm³/mol. The maximum Gasteiger partial charge on any atom is 0.162 e. The third kappa shape index (κ3) is 3.30. The van der Waals surface area contributed by atoms with E-state index in [1.165, 1.54) is 0 Å². The van der Waals surface area contributed by atoms with Gasteiger partial charge in [-0.1, -0.05) is 30.3 Å². The minimum atomic E-state index is -0.0802. The zero-order valence-corrected chi connectivity index (χ0v) is 11.7. The second-order valence-corrected chi connectivity index (χ2v) is 4.38. The first kappa shape index (κ1) is 14.0. The van der Waals surface area contributed by atoms with Crippen molar-refractivity contribution >= 4 is 0 Å². The van der Waals surface area contributed by atoms with Gasteiger partial charge in [-0.05, 0) is 31.5 Å².